The van der Waals surface area contributed by atoms with Gasteiger partial charge >= 0.3 is 0 Å². The molecule has 1 aliphatic heterocycles. The summed E-state index contributed by atoms with van der Waals surface area (Å²) in [6, 6.07) is 1.64. The topological polar surface area (TPSA) is 62.9 Å². The normalized spacial score (nSPS) is 13.0. The molecule has 0 aromatic heterocycles. The second-order valence-electron chi connectivity index (χ2n) is 2.91. The molecule has 0 aliphatic carbocycles. The highest BCUT2D eigenvalue weighted by Crippen LogP contribution is 2.45. The van der Waals surface area contributed by atoms with Crippen molar-refractivity contribution in [2.45, 2.75) is 6.61 Å². The van der Waals surface area contributed by atoms with Gasteiger partial charge in [0.25, 0.3) is 0 Å². The van der Waals surface area contributed by atoms with Crippen molar-refractivity contribution in [3.63, 3.8) is 0 Å². The Morgan fingerprint density at radius 3 is 3.00 bits per heavy atom. The fourth-order valence-corrected chi connectivity index (χ4v) is 1.78. The Kier molecular flexibility index (Phi) is 2.86. The summed E-state index contributed by atoms with van der Waals surface area (Å²) in [5.41, 5.74) is 0.653. The molecule has 82 valence electrons. The average molecular weight is 232 g/mol. The highest BCUT2D eigenvalue weighted by molar-refractivity contribution is 6.32. The molecule has 15 heavy (non-hydrogen) atoms. The lowest BCUT2D eigenvalue weighted by Gasteiger charge is -2.11. The van der Waals surface area contributed by atoms with Crippen molar-refractivity contribution in [1.82, 2.24) is 0 Å². The van der Waals surface area contributed by atoms with Crippen LogP contribution in [0.25, 0.3) is 0 Å². The Balaban J connectivity index is 2.55. The minimum Gasteiger partial charge on any atom is -0.495 e. The van der Waals surface area contributed by atoms with Crippen molar-refractivity contribution in [2.75, 3.05) is 13.9 Å². The van der Waals surface area contributed by atoms with Gasteiger partial charge in [0.2, 0.25) is 6.79 Å². The summed E-state index contributed by atoms with van der Waals surface area (Å²) < 4.78 is 15.6. The molecule has 1 aromatic rings. The monoisotopic (exact) mass is 231 g/mol. The molecule has 2 N–H and O–H groups in total. The average Bonchev–Trinajstić information content (AvgIpc) is 2.66. The first kappa shape index (κ1) is 10.4. The van der Waals surface area contributed by atoms with E-state index in [2.05, 4.69) is 4.84 Å². The smallest absolute Gasteiger partial charge is 0.231 e. The Morgan fingerprint density at radius 1 is 1.53 bits per heavy atom. The number of benzene rings is 1. The molecule has 2 rings (SSSR count). The highest BCUT2D eigenvalue weighted by atomic mass is 35.5. The van der Waals surface area contributed by atoms with Crippen LogP contribution in [0.3, 0.4) is 0 Å². The summed E-state index contributed by atoms with van der Waals surface area (Å²) in [6.07, 6.45) is 0. The summed E-state index contributed by atoms with van der Waals surface area (Å²) in [5, 5.41) is 0.439. The summed E-state index contributed by atoms with van der Waals surface area (Å²) in [6.45, 7) is 0.311. The molecule has 6 heteroatoms. The van der Waals surface area contributed by atoms with Crippen molar-refractivity contribution < 1.29 is 19.0 Å². The van der Waals surface area contributed by atoms with E-state index in [4.69, 9.17) is 31.7 Å². The Bertz CT molecular complexity index is 379. The lowest BCUT2D eigenvalue weighted by molar-refractivity contribution is 0.118. The van der Waals surface area contributed by atoms with Gasteiger partial charge < -0.3 is 14.2 Å². The maximum atomic E-state index is 5.99. The van der Waals surface area contributed by atoms with Crippen molar-refractivity contribution in [1.29, 1.82) is 0 Å². The number of methoxy groups -OCH3 is 1. The Hall–Kier alpha value is -1.17. The van der Waals surface area contributed by atoms with Crippen LogP contribution >= 0.6 is 11.6 Å². The molecule has 0 saturated heterocycles. The van der Waals surface area contributed by atoms with Gasteiger partial charge in [-0.1, -0.05) is 11.6 Å². The van der Waals surface area contributed by atoms with E-state index in [-0.39, 0.29) is 13.4 Å². The SMILES string of the molecule is COc1c(Cl)cc2c(c1CON)OCO2. The van der Waals surface area contributed by atoms with E-state index in [9.17, 15) is 0 Å². The van der Waals surface area contributed by atoms with E-state index >= 15 is 0 Å². The maximum Gasteiger partial charge on any atom is 0.231 e. The molecule has 0 radical (unpaired) electrons. The molecular formula is C9H10ClNO4. The second-order valence-corrected chi connectivity index (χ2v) is 3.32. The molecule has 0 amide bonds. The van der Waals surface area contributed by atoms with Crippen LogP contribution in [-0.2, 0) is 11.4 Å². The molecule has 0 spiro atoms. The summed E-state index contributed by atoms with van der Waals surface area (Å²) >= 11 is 5.99. The van der Waals surface area contributed by atoms with Crippen molar-refractivity contribution in [2.24, 2.45) is 5.90 Å². The summed E-state index contributed by atoms with van der Waals surface area (Å²) in [7, 11) is 1.52. The quantitative estimate of drug-likeness (QED) is 0.798. The zero-order valence-electron chi connectivity index (χ0n) is 8.08. The molecule has 0 bridgehead atoms. The Labute approximate surface area is 91.6 Å². The number of rotatable bonds is 3. The zero-order valence-corrected chi connectivity index (χ0v) is 8.84. The van der Waals surface area contributed by atoms with Crippen LogP contribution in [0.15, 0.2) is 6.07 Å². The minimum absolute atomic E-state index is 0.148. The summed E-state index contributed by atoms with van der Waals surface area (Å²) in [4.78, 5) is 4.58. The highest BCUT2D eigenvalue weighted by Gasteiger charge is 2.24. The molecule has 0 unspecified atom stereocenters. The zero-order chi connectivity index (χ0) is 10.8. The number of hydrogen-bond acceptors (Lipinski definition) is 5. The second kappa shape index (κ2) is 4.14. The number of halogens is 1. The summed E-state index contributed by atoms with van der Waals surface area (Å²) in [5.74, 6) is 6.67. The van der Waals surface area contributed by atoms with Gasteiger partial charge in [-0.05, 0) is 0 Å². The third-order valence-corrected chi connectivity index (χ3v) is 2.38. The van der Waals surface area contributed by atoms with E-state index in [1.165, 1.54) is 7.11 Å². The molecule has 0 fully saturated rings. The van der Waals surface area contributed by atoms with Crippen molar-refractivity contribution >= 4 is 11.6 Å². The van der Waals surface area contributed by atoms with Crippen LogP contribution in [0.5, 0.6) is 17.2 Å². The molecule has 5 nitrogen and oxygen atoms in total. The van der Waals surface area contributed by atoms with Gasteiger partial charge in [0, 0.05) is 6.07 Å². The number of nitrogens with two attached hydrogens (primary N) is 1. The molecule has 0 saturated carbocycles. The molecule has 1 aliphatic rings. The van der Waals surface area contributed by atoms with Crippen molar-refractivity contribution in [3.8, 4) is 17.2 Å². The van der Waals surface area contributed by atoms with Gasteiger partial charge in [0.05, 0.1) is 17.7 Å². The van der Waals surface area contributed by atoms with E-state index in [0.717, 1.165) is 0 Å². The van der Waals surface area contributed by atoms with Crippen LogP contribution in [0, 0.1) is 0 Å². The molecule has 0 atom stereocenters. The van der Waals surface area contributed by atoms with E-state index in [1.807, 2.05) is 0 Å². The molecule has 1 heterocycles. The first-order chi connectivity index (χ1) is 7.27. The van der Waals surface area contributed by atoms with E-state index in [0.29, 0.717) is 27.8 Å². The minimum atomic E-state index is 0.148. The van der Waals surface area contributed by atoms with Crippen LogP contribution < -0.4 is 20.1 Å². The lowest BCUT2D eigenvalue weighted by atomic mass is 10.1. The van der Waals surface area contributed by atoms with Crippen LogP contribution in [0.2, 0.25) is 5.02 Å². The van der Waals surface area contributed by atoms with Gasteiger partial charge in [-0.3, -0.25) is 4.84 Å². The standard InChI is InChI=1S/C9H10ClNO4/c1-12-8-5(3-15-11)9-7(2-6(8)10)13-4-14-9/h2H,3-4,11H2,1H3. The van der Waals surface area contributed by atoms with Gasteiger partial charge in [-0.25, -0.2) is 5.90 Å². The number of fused-ring (bicyclic) bond motifs is 1. The third kappa shape index (κ3) is 1.69. The fraction of sp³-hybridized carbons (Fsp3) is 0.333. The number of hydrogen-bond donors (Lipinski definition) is 1. The van der Waals surface area contributed by atoms with Crippen molar-refractivity contribution in [3.05, 3.63) is 16.7 Å². The van der Waals surface area contributed by atoms with Crippen LogP contribution in [0.1, 0.15) is 5.56 Å². The van der Waals surface area contributed by atoms with Gasteiger partial charge in [-0.2, -0.15) is 0 Å². The lowest BCUT2D eigenvalue weighted by Crippen LogP contribution is -2.03. The van der Waals surface area contributed by atoms with Crippen LogP contribution in [0.4, 0.5) is 0 Å². The first-order valence-corrected chi connectivity index (χ1v) is 4.62. The maximum absolute atomic E-state index is 5.99. The van der Waals surface area contributed by atoms with Gasteiger partial charge in [0.15, 0.2) is 11.5 Å². The van der Waals surface area contributed by atoms with Gasteiger partial charge in [0.1, 0.15) is 12.4 Å². The third-order valence-electron chi connectivity index (χ3n) is 2.10. The van der Waals surface area contributed by atoms with Gasteiger partial charge in [-0.15, -0.1) is 0 Å². The van der Waals surface area contributed by atoms with E-state index < -0.39 is 0 Å². The Morgan fingerprint density at radius 2 is 2.33 bits per heavy atom. The predicted molar refractivity (Wildman–Crippen MR) is 53.1 cm³/mol. The first-order valence-electron chi connectivity index (χ1n) is 4.24. The fourth-order valence-electron chi connectivity index (χ4n) is 1.49. The molecule has 1 aromatic carbocycles. The molecular weight excluding hydrogens is 222 g/mol. The number of ether oxygens (including phenoxy) is 3. The van der Waals surface area contributed by atoms with E-state index in [1.54, 1.807) is 6.07 Å². The van der Waals surface area contributed by atoms with Crippen LogP contribution in [-0.4, -0.2) is 13.9 Å². The largest absolute Gasteiger partial charge is 0.495 e. The predicted octanol–water partition coefficient (Wildman–Crippen LogP) is 1.47.